The highest BCUT2D eigenvalue weighted by atomic mass is 16.5. The lowest BCUT2D eigenvalue weighted by atomic mass is 9.98. The second-order valence-corrected chi connectivity index (χ2v) is 8.13. The Morgan fingerprint density at radius 3 is 2.30 bits per heavy atom. The van der Waals surface area contributed by atoms with Crippen molar-refractivity contribution in [1.29, 1.82) is 0 Å². The molecule has 1 fully saturated rings. The zero-order chi connectivity index (χ0) is 23.4. The number of benzene rings is 2. The second kappa shape index (κ2) is 10.0. The van der Waals surface area contributed by atoms with Crippen LogP contribution < -0.4 is 10.6 Å². The van der Waals surface area contributed by atoms with Crippen molar-refractivity contribution >= 4 is 18.0 Å². The number of rotatable bonds is 8. The van der Waals surface area contributed by atoms with E-state index in [1.807, 2.05) is 36.4 Å². The standard InChI is InChI=1S/C24H26N2O7/c27-12-20(23(29)30)26-22(28)21-14(9-10-32-21)11-25-24(31)33-13-19-17-7-3-1-5-15(17)16-6-2-4-8-18(16)19/h1-8,14,19-21,27H,9-13H2,(H,25,31)(H,26,28)(H,29,30)/t14?,20-,21?/m0/s1. The Morgan fingerprint density at radius 2 is 1.70 bits per heavy atom. The molecule has 2 unspecified atom stereocenters. The molecule has 9 nitrogen and oxygen atoms in total. The zero-order valence-corrected chi connectivity index (χ0v) is 17.9. The van der Waals surface area contributed by atoms with E-state index in [-0.39, 0.29) is 25.0 Å². The summed E-state index contributed by atoms with van der Waals surface area (Å²) < 4.78 is 10.9. The first-order valence-corrected chi connectivity index (χ1v) is 10.8. The molecule has 2 aromatic rings. The van der Waals surface area contributed by atoms with Gasteiger partial charge < -0.3 is 30.3 Å². The quantitative estimate of drug-likeness (QED) is 0.475. The van der Waals surface area contributed by atoms with Crippen molar-refractivity contribution in [3.63, 3.8) is 0 Å². The number of amides is 2. The largest absolute Gasteiger partial charge is 0.480 e. The lowest BCUT2D eigenvalue weighted by molar-refractivity contribution is -0.145. The summed E-state index contributed by atoms with van der Waals surface area (Å²) in [5.41, 5.74) is 4.51. The lowest BCUT2D eigenvalue weighted by Gasteiger charge is -2.21. The average Bonchev–Trinajstić information content (AvgIpc) is 3.42. The summed E-state index contributed by atoms with van der Waals surface area (Å²) in [6.07, 6.45) is -0.979. The minimum atomic E-state index is -1.41. The molecule has 3 atom stereocenters. The number of aliphatic carboxylic acids is 1. The Morgan fingerprint density at radius 1 is 1.06 bits per heavy atom. The first-order chi connectivity index (χ1) is 16.0. The Kier molecular flexibility index (Phi) is 6.90. The Bertz CT molecular complexity index is 995. The van der Waals surface area contributed by atoms with Gasteiger partial charge in [-0.15, -0.1) is 0 Å². The number of hydrogen-bond acceptors (Lipinski definition) is 6. The molecule has 174 valence electrons. The van der Waals surface area contributed by atoms with Crippen LogP contribution >= 0.6 is 0 Å². The van der Waals surface area contributed by atoms with Crippen molar-refractivity contribution in [1.82, 2.24) is 10.6 Å². The summed E-state index contributed by atoms with van der Waals surface area (Å²) in [5, 5.41) is 23.0. The third kappa shape index (κ3) is 4.84. The highest BCUT2D eigenvalue weighted by Gasteiger charge is 2.36. The molecule has 1 heterocycles. The van der Waals surface area contributed by atoms with Crippen LogP contribution in [0, 0.1) is 5.92 Å². The molecule has 9 heteroatoms. The van der Waals surface area contributed by atoms with E-state index in [9.17, 15) is 14.4 Å². The molecule has 1 saturated heterocycles. The van der Waals surface area contributed by atoms with Crippen LogP contribution in [0.25, 0.3) is 11.1 Å². The van der Waals surface area contributed by atoms with Gasteiger partial charge in [0.2, 0.25) is 5.91 Å². The fourth-order valence-corrected chi connectivity index (χ4v) is 4.44. The molecule has 2 aliphatic rings. The molecule has 0 bridgehead atoms. The Hall–Kier alpha value is -3.43. The SMILES string of the molecule is O=C(NCC1CCOC1C(=O)N[C@@H](CO)C(=O)O)OCC1c2ccccc2-c2ccccc21. The van der Waals surface area contributed by atoms with Gasteiger partial charge in [0.1, 0.15) is 18.8 Å². The number of carboxylic acid groups (broad SMARTS) is 1. The third-order valence-electron chi connectivity index (χ3n) is 6.12. The van der Waals surface area contributed by atoms with E-state index in [0.29, 0.717) is 13.0 Å². The van der Waals surface area contributed by atoms with Crippen molar-refractivity contribution < 1.29 is 34.1 Å². The van der Waals surface area contributed by atoms with E-state index in [4.69, 9.17) is 19.7 Å². The van der Waals surface area contributed by atoms with Gasteiger partial charge in [0, 0.05) is 25.0 Å². The van der Waals surface area contributed by atoms with Crippen LogP contribution in [-0.2, 0) is 19.1 Å². The van der Waals surface area contributed by atoms with Gasteiger partial charge >= 0.3 is 12.1 Å². The van der Waals surface area contributed by atoms with E-state index >= 15 is 0 Å². The van der Waals surface area contributed by atoms with Gasteiger partial charge in [0.05, 0.1) is 6.61 Å². The van der Waals surface area contributed by atoms with E-state index in [1.54, 1.807) is 0 Å². The van der Waals surface area contributed by atoms with Gasteiger partial charge in [-0.05, 0) is 28.7 Å². The van der Waals surface area contributed by atoms with Crippen molar-refractivity contribution in [2.24, 2.45) is 5.92 Å². The molecule has 1 aliphatic heterocycles. The Labute approximate surface area is 190 Å². The van der Waals surface area contributed by atoms with E-state index in [0.717, 1.165) is 22.3 Å². The van der Waals surface area contributed by atoms with Crippen molar-refractivity contribution in [3.8, 4) is 11.1 Å². The second-order valence-electron chi connectivity index (χ2n) is 8.13. The van der Waals surface area contributed by atoms with Gasteiger partial charge in [-0.1, -0.05) is 48.5 Å². The van der Waals surface area contributed by atoms with Crippen LogP contribution in [0.1, 0.15) is 23.5 Å². The van der Waals surface area contributed by atoms with Gasteiger partial charge in [-0.25, -0.2) is 9.59 Å². The minimum absolute atomic E-state index is 0.0528. The van der Waals surface area contributed by atoms with E-state index in [2.05, 4.69) is 22.8 Å². The summed E-state index contributed by atoms with van der Waals surface area (Å²) in [4.78, 5) is 35.8. The highest BCUT2D eigenvalue weighted by Crippen LogP contribution is 2.44. The maximum absolute atomic E-state index is 12.4. The number of nitrogens with one attached hydrogen (secondary N) is 2. The average molecular weight is 454 g/mol. The molecular formula is C24H26N2O7. The van der Waals surface area contributed by atoms with Crippen LogP contribution in [-0.4, -0.2) is 66.7 Å². The van der Waals surface area contributed by atoms with Crippen LogP contribution in [0.5, 0.6) is 0 Å². The number of carbonyl (C=O) groups excluding carboxylic acids is 2. The van der Waals surface area contributed by atoms with E-state index in [1.165, 1.54) is 0 Å². The summed E-state index contributed by atoms with van der Waals surface area (Å²) >= 11 is 0. The molecular weight excluding hydrogens is 428 g/mol. The summed E-state index contributed by atoms with van der Waals surface area (Å²) in [5.74, 6) is -2.35. The van der Waals surface area contributed by atoms with Crippen LogP contribution in [0.4, 0.5) is 4.79 Å². The molecule has 2 amide bonds. The van der Waals surface area contributed by atoms with Crippen molar-refractivity contribution in [2.75, 3.05) is 26.4 Å². The molecule has 0 aromatic heterocycles. The molecule has 0 saturated carbocycles. The number of alkyl carbamates (subject to hydrolysis) is 1. The summed E-state index contributed by atoms with van der Waals surface area (Å²) in [6, 6.07) is 14.7. The van der Waals surface area contributed by atoms with Crippen LogP contribution in [0.15, 0.2) is 48.5 Å². The highest BCUT2D eigenvalue weighted by molar-refractivity contribution is 5.87. The maximum atomic E-state index is 12.4. The molecule has 0 spiro atoms. The van der Waals surface area contributed by atoms with Crippen molar-refractivity contribution in [2.45, 2.75) is 24.5 Å². The topological polar surface area (TPSA) is 134 Å². The van der Waals surface area contributed by atoms with Gasteiger partial charge in [-0.2, -0.15) is 0 Å². The number of fused-ring (bicyclic) bond motifs is 3. The molecule has 1 aliphatic carbocycles. The monoisotopic (exact) mass is 454 g/mol. The molecule has 0 radical (unpaired) electrons. The number of hydrogen-bond donors (Lipinski definition) is 4. The Balaban J connectivity index is 1.31. The van der Waals surface area contributed by atoms with Crippen LogP contribution in [0.3, 0.4) is 0 Å². The first kappa shape index (κ1) is 22.8. The predicted octanol–water partition coefficient (Wildman–Crippen LogP) is 1.49. The molecule has 33 heavy (non-hydrogen) atoms. The van der Waals surface area contributed by atoms with Gasteiger partial charge in [0.15, 0.2) is 0 Å². The third-order valence-corrected chi connectivity index (χ3v) is 6.12. The van der Waals surface area contributed by atoms with Gasteiger partial charge in [-0.3, -0.25) is 4.79 Å². The fraction of sp³-hybridized carbons (Fsp3) is 0.375. The number of aliphatic hydroxyl groups is 1. The summed E-state index contributed by atoms with van der Waals surface area (Å²) in [7, 11) is 0. The number of ether oxygens (including phenoxy) is 2. The zero-order valence-electron chi connectivity index (χ0n) is 17.9. The number of carbonyl (C=O) groups is 3. The normalized spacial score (nSPS) is 19.9. The molecule has 4 N–H and O–H groups in total. The van der Waals surface area contributed by atoms with Crippen molar-refractivity contribution in [3.05, 3.63) is 59.7 Å². The number of aliphatic hydroxyl groups excluding tert-OH is 1. The molecule has 4 rings (SSSR count). The van der Waals surface area contributed by atoms with E-state index < -0.39 is 36.7 Å². The number of carboxylic acids is 1. The lowest BCUT2D eigenvalue weighted by Crippen LogP contribution is -2.49. The fourth-order valence-electron chi connectivity index (χ4n) is 4.44. The minimum Gasteiger partial charge on any atom is -0.480 e. The van der Waals surface area contributed by atoms with Gasteiger partial charge in [0.25, 0.3) is 0 Å². The summed E-state index contributed by atoms with van der Waals surface area (Å²) in [6.45, 7) is -0.0875. The maximum Gasteiger partial charge on any atom is 0.407 e. The smallest absolute Gasteiger partial charge is 0.407 e. The van der Waals surface area contributed by atoms with Crippen LogP contribution in [0.2, 0.25) is 0 Å². The predicted molar refractivity (Wildman–Crippen MR) is 118 cm³/mol. The molecule has 2 aromatic carbocycles. The first-order valence-electron chi connectivity index (χ1n) is 10.8.